The van der Waals surface area contributed by atoms with Gasteiger partial charge in [-0.3, -0.25) is 14.9 Å². The van der Waals surface area contributed by atoms with Crippen LogP contribution in [-0.4, -0.2) is 30.1 Å². The number of hydrogen-bond acceptors (Lipinski definition) is 7. The number of carbonyl (C=O) groups excluding carboxylic acids is 2. The Bertz CT molecular complexity index is 1140. The highest BCUT2D eigenvalue weighted by molar-refractivity contribution is 5.95. The third kappa shape index (κ3) is 5.51. The van der Waals surface area contributed by atoms with Crippen LogP contribution in [0.4, 0.5) is 5.69 Å². The van der Waals surface area contributed by atoms with Crippen LogP contribution in [0.5, 0.6) is 11.5 Å². The van der Waals surface area contributed by atoms with Gasteiger partial charge in [0.1, 0.15) is 0 Å². The summed E-state index contributed by atoms with van der Waals surface area (Å²) in [5.74, 6) is -0.622. The minimum atomic E-state index is -0.607. The van der Waals surface area contributed by atoms with E-state index in [0.29, 0.717) is 16.9 Å². The van der Waals surface area contributed by atoms with E-state index in [0.717, 1.165) is 6.07 Å². The quantitative estimate of drug-likeness (QED) is 0.205. The Hall–Kier alpha value is -4.53. The van der Waals surface area contributed by atoms with Crippen molar-refractivity contribution in [1.82, 2.24) is 5.43 Å². The van der Waals surface area contributed by atoms with Crippen molar-refractivity contribution in [2.24, 2.45) is 5.10 Å². The van der Waals surface area contributed by atoms with Crippen molar-refractivity contribution < 1.29 is 24.0 Å². The van der Waals surface area contributed by atoms with Gasteiger partial charge in [0.2, 0.25) is 0 Å². The van der Waals surface area contributed by atoms with Crippen molar-refractivity contribution in [3.63, 3.8) is 0 Å². The van der Waals surface area contributed by atoms with Gasteiger partial charge >= 0.3 is 5.97 Å². The van der Waals surface area contributed by atoms with Crippen molar-refractivity contribution in [3.8, 4) is 11.5 Å². The number of nitrogens with one attached hydrogen (secondary N) is 1. The van der Waals surface area contributed by atoms with Gasteiger partial charge in [-0.15, -0.1) is 0 Å². The summed E-state index contributed by atoms with van der Waals surface area (Å²) < 4.78 is 10.6. The van der Waals surface area contributed by atoms with Gasteiger partial charge in [0, 0.05) is 17.7 Å². The van der Waals surface area contributed by atoms with Crippen LogP contribution < -0.4 is 14.9 Å². The van der Waals surface area contributed by atoms with Crippen LogP contribution in [0, 0.1) is 10.1 Å². The van der Waals surface area contributed by atoms with Gasteiger partial charge in [-0.1, -0.05) is 24.3 Å². The molecule has 0 aliphatic carbocycles. The molecule has 31 heavy (non-hydrogen) atoms. The molecule has 0 spiro atoms. The zero-order valence-corrected chi connectivity index (χ0v) is 16.3. The molecule has 0 saturated carbocycles. The highest BCUT2D eigenvalue weighted by Gasteiger charge is 2.13. The number of nitrogens with zero attached hydrogens (tertiary/aromatic N) is 2. The molecule has 3 aromatic rings. The third-order valence-corrected chi connectivity index (χ3v) is 4.10. The van der Waals surface area contributed by atoms with E-state index in [2.05, 4.69) is 10.5 Å². The Labute approximate surface area is 177 Å². The summed E-state index contributed by atoms with van der Waals surface area (Å²) in [6.45, 7) is 0. The number of methoxy groups -OCH3 is 1. The lowest BCUT2D eigenvalue weighted by Gasteiger charge is -2.10. The number of ether oxygens (including phenoxy) is 2. The van der Waals surface area contributed by atoms with Gasteiger partial charge < -0.3 is 9.47 Å². The fourth-order valence-corrected chi connectivity index (χ4v) is 2.58. The molecule has 3 rings (SSSR count). The molecule has 9 nitrogen and oxygen atoms in total. The molecule has 1 N–H and O–H groups in total. The van der Waals surface area contributed by atoms with Gasteiger partial charge in [0.05, 0.1) is 23.8 Å². The Balaban J connectivity index is 1.71. The van der Waals surface area contributed by atoms with Gasteiger partial charge in [-0.2, -0.15) is 5.10 Å². The maximum Gasteiger partial charge on any atom is 0.343 e. The molecule has 1 amide bonds. The van der Waals surface area contributed by atoms with Crippen LogP contribution in [0.2, 0.25) is 0 Å². The van der Waals surface area contributed by atoms with E-state index in [9.17, 15) is 19.7 Å². The number of nitro benzene ring substituents is 1. The Kier molecular flexibility index (Phi) is 6.69. The summed E-state index contributed by atoms with van der Waals surface area (Å²) >= 11 is 0. The molecular weight excluding hydrogens is 402 g/mol. The van der Waals surface area contributed by atoms with E-state index in [4.69, 9.17) is 9.47 Å². The number of hydrazone groups is 1. The first-order valence-electron chi connectivity index (χ1n) is 9.01. The average molecular weight is 419 g/mol. The number of esters is 1. The largest absolute Gasteiger partial charge is 0.493 e. The molecule has 3 aromatic carbocycles. The molecule has 0 aliphatic heterocycles. The van der Waals surface area contributed by atoms with Crippen molar-refractivity contribution in [1.29, 1.82) is 0 Å². The fraction of sp³-hybridized carbons (Fsp3) is 0.0455. The van der Waals surface area contributed by atoms with Crippen LogP contribution in [-0.2, 0) is 0 Å². The molecule has 0 saturated heterocycles. The molecule has 9 heteroatoms. The van der Waals surface area contributed by atoms with E-state index in [-0.39, 0.29) is 17.0 Å². The third-order valence-electron chi connectivity index (χ3n) is 4.10. The second-order valence-electron chi connectivity index (χ2n) is 6.17. The molecule has 0 bridgehead atoms. The van der Waals surface area contributed by atoms with Gasteiger partial charge in [0.25, 0.3) is 11.6 Å². The molecular formula is C22H17N3O6. The van der Waals surface area contributed by atoms with Crippen LogP contribution in [0.1, 0.15) is 26.3 Å². The van der Waals surface area contributed by atoms with E-state index in [1.54, 1.807) is 42.5 Å². The van der Waals surface area contributed by atoms with Crippen LogP contribution in [0.25, 0.3) is 0 Å². The first-order chi connectivity index (χ1) is 15.0. The topological polar surface area (TPSA) is 120 Å². The summed E-state index contributed by atoms with van der Waals surface area (Å²) in [7, 11) is 1.45. The Morgan fingerprint density at radius 2 is 1.71 bits per heavy atom. The van der Waals surface area contributed by atoms with E-state index < -0.39 is 16.8 Å². The molecule has 156 valence electrons. The average Bonchev–Trinajstić information content (AvgIpc) is 2.79. The number of amides is 1. The second-order valence-corrected chi connectivity index (χ2v) is 6.17. The van der Waals surface area contributed by atoms with Crippen LogP contribution >= 0.6 is 0 Å². The van der Waals surface area contributed by atoms with Crippen molar-refractivity contribution in [2.75, 3.05) is 7.11 Å². The lowest BCUT2D eigenvalue weighted by atomic mass is 10.2. The monoisotopic (exact) mass is 419 g/mol. The summed E-state index contributed by atoms with van der Waals surface area (Å²) in [6, 6.07) is 18.6. The van der Waals surface area contributed by atoms with E-state index in [1.165, 1.54) is 37.6 Å². The Morgan fingerprint density at radius 3 is 2.42 bits per heavy atom. The fourth-order valence-electron chi connectivity index (χ4n) is 2.58. The summed E-state index contributed by atoms with van der Waals surface area (Å²) in [5.41, 5.74) is 3.10. The lowest BCUT2D eigenvalue weighted by Crippen LogP contribution is -2.17. The van der Waals surface area contributed by atoms with Crippen molar-refractivity contribution in [2.45, 2.75) is 0 Å². The van der Waals surface area contributed by atoms with E-state index >= 15 is 0 Å². The lowest BCUT2D eigenvalue weighted by molar-refractivity contribution is -0.384. The zero-order chi connectivity index (χ0) is 22.2. The second kappa shape index (κ2) is 9.79. The first-order valence-corrected chi connectivity index (χ1v) is 9.01. The Morgan fingerprint density at radius 1 is 0.968 bits per heavy atom. The predicted octanol–water partition coefficient (Wildman–Crippen LogP) is 3.59. The molecule has 0 fully saturated rings. The number of hydrogen-bond donors (Lipinski definition) is 1. The van der Waals surface area contributed by atoms with Crippen molar-refractivity contribution in [3.05, 3.63) is 99.6 Å². The molecule has 0 aromatic heterocycles. The van der Waals surface area contributed by atoms with Crippen LogP contribution in [0.15, 0.2) is 77.9 Å². The normalized spacial score (nSPS) is 10.5. The van der Waals surface area contributed by atoms with Gasteiger partial charge in [-0.05, 0) is 42.0 Å². The molecule has 0 unspecified atom stereocenters. The predicted molar refractivity (Wildman–Crippen MR) is 113 cm³/mol. The zero-order valence-electron chi connectivity index (χ0n) is 16.3. The van der Waals surface area contributed by atoms with Gasteiger partial charge in [-0.25, -0.2) is 10.2 Å². The molecule has 0 heterocycles. The summed E-state index contributed by atoms with van der Waals surface area (Å²) in [6.07, 6.45) is 1.34. The van der Waals surface area contributed by atoms with Gasteiger partial charge in [0.15, 0.2) is 11.5 Å². The smallest absolute Gasteiger partial charge is 0.343 e. The van der Waals surface area contributed by atoms with E-state index in [1.807, 2.05) is 0 Å². The standard InChI is InChI=1S/C22H17N3O6/c1-30-19-11-10-15(12-20(19)31-22(27)16-6-3-2-4-7-16)14-23-24-21(26)17-8-5-9-18(13-17)25(28)29/h2-14H,1H3,(H,24,26). The minimum Gasteiger partial charge on any atom is -0.493 e. The number of non-ortho nitro benzene ring substituents is 1. The highest BCUT2D eigenvalue weighted by atomic mass is 16.6. The highest BCUT2D eigenvalue weighted by Crippen LogP contribution is 2.28. The summed E-state index contributed by atoms with van der Waals surface area (Å²) in [4.78, 5) is 34.7. The molecule has 0 radical (unpaired) electrons. The molecule has 0 aliphatic rings. The first kappa shape index (κ1) is 21.2. The maximum atomic E-state index is 12.3. The SMILES string of the molecule is COc1ccc(C=NNC(=O)c2cccc([N+](=O)[O-])c2)cc1OC(=O)c1ccccc1. The number of nitro groups is 1. The number of rotatable bonds is 7. The minimum absolute atomic E-state index is 0.0959. The molecule has 0 atom stereocenters. The number of carbonyl (C=O) groups is 2. The van der Waals surface area contributed by atoms with Crippen LogP contribution in [0.3, 0.4) is 0 Å². The summed E-state index contributed by atoms with van der Waals surface area (Å²) in [5, 5.41) is 14.7. The maximum absolute atomic E-state index is 12.3. The van der Waals surface area contributed by atoms with Crippen molar-refractivity contribution >= 4 is 23.8 Å². The number of benzene rings is 3.